The van der Waals surface area contributed by atoms with Gasteiger partial charge in [0.1, 0.15) is 16.5 Å². The number of anilines is 2. The van der Waals surface area contributed by atoms with Gasteiger partial charge in [-0.1, -0.05) is 17.7 Å². The van der Waals surface area contributed by atoms with Crippen molar-refractivity contribution in [2.24, 2.45) is 0 Å². The SMILES string of the molecule is Cc1c(I)cccc1Nc1nc(Cl)ccc1C(=O)O. The summed E-state index contributed by atoms with van der Waals surface area (Å²) in [6, 6.07) is 8.62. The van der Waals surface area contributed by atoms with Gasteiger partial charge in [0.15, 0.2) is 0 Å². The summed E-state index contributed by atoms with van der Waals surface area (Å²) < 4.78 is 1.08. The zero-order valence-corrected chi connectivity index (χ0v) is 12.9. The van der Waals surface area contributed by atoms with Gasteiger partial charge in [0, 0.05) is 9.26 Å². The van der Waals surface area contributed by atoms with Crippen LogP contribution in [0, 0.1) is 10.5 Å². The number of carboxylic acid groups (broad SMARTS) is 1. The molecular formula is C13H10ClIN2O2. The molecule has 0 aliphatic carbocycles. The van der Waals surface area contributed by atoms with Gasteiger partial charge < -0.3 is 10.4 Å². The number of rotatable bonds is 3. The fraction of sp³-hybridized carbons (Fsp3) is 0.0769. The predicted octanol–water partition coefficient (Wildman–Crippen LogP) is 4.09. The van der Waals surface area contributed by atoms with Crippen molar-refractivity contribution in [2.45, 2.75) is 6.92 Å². The second kappa shape index (κ2) is 5.75. The first kappa shape index (κ1) is 14.1. The van der Waals surface area contributed by atoms with Crippen LogP contribution in [0.15, 0.2) is 30.3 Å². The van der Waals surface area contributed by atoms with Crippen LogP contribution in [0.1, 0.15) is 15.9 Å². The molecule has 1 aromatic carbocycles. The Morgan fingerprint density at radius 1 is 1.37 bits per heavy atom. The lowest BCUT2D eigenvalue weighted by molar-refractivity contribution is 0.0697. The van der Waals surface area contributed by atoms with Gasteiger partial charge >= 0.3 is 5.97 Å². The molecule has 19 heavy (non-hydrogen) atoms. The molecule has 4 nitrogen and oxygen atoms in total. The van der Waals surface area contributed by atoms with Gasteiger partial charge in [-0.2, -0.15) is 0 Å². The largest absolute Gasteiger partial charge is 0.478 e. The Bertz CT molecular complexity index is 647. The average Bonchev–Trinajstić information content (AvgIpc) is 2.35. The zero-order valence-electron chi connectivity index (χ0n) is 9.95. The van der Waals surface area contributed by atoms with E-state index in [2.05, 4.69) is 32.9 Å². The smallest absolute Gasteiger partial charge is 0.339 e. The Morgan fingerprint density at radius 3 is 2.79 bits per heavy atom. The van der Waals surface area contributed by atoms with E-state index in [0.717, 1.165) is 14.8 Å². The van der Waals surface area contributed by atoms with Crippen LogP contribution in [-0.2, 0) is 0 Å². The third-order valence-corrected chi connectivity index (χ3v) is 3.99. The molecular weight excluding hydrogens is 379 g/mol. The van der Waals surface area contributed by atoms with Gasteiger partial charge in [0.25, 0.3) is 0 Å². The minimum absolute atomic E-state index is 0.0858. The number of hydrogen-bond acceptors (Lipinski definition) is 3. The quantitative estimate of drug-likeness (QED) is 0.614. The van der Waals surface area contributed by atoms with Crippen molar-refractivity contribution in [2.75, 3.05) is 5.32 Å². The Kier molecular flexibility index (Phi) is 4.26. The lowest BCUT2D eigenvalue weighted by Crippen LogP contribution is -2.06. The van der Waals surface area contributed by atoms with Gasteiger partial charge in [0.05, 0.1) is 0 Å². The fourth-order valence-corrected chi connectivity index (χ4v) is 2.22. The van der Waals surface area contributed by atoms with E-state index in [-0.39, 0.29) is 16.5 Å². The van der Waals surface area contributed by atoms with E-state index < -0.39 is 5.97 Å². The standard InChI is InChI=1S/C13H10ClIN2O2/c1-7-9(15)3-2-4-10(7)16-12-8(13(18)19)5-6-11(14)17-12/h2-6H,1H3,(H,16,17)(H,18,19). The van der Waals surface area contributed by atoms with Gasteiger partial charge in [-0.25, -0.2) is 9.78 Å². The first-order chi connectivity index (χ1) is 8.99. The Balaban J connectivity index is 2.45. The van der Waals surface area contributed by atoms with Crippen molar-refractivity contribution in [3.05, 3.63) is 50.2 Å². The van der Waals surface area contributed by atoms with Crippen LogP contribution in [0.2, 0.25) is 5.15 Å². The summed E-state index contributed by atoms with van der Waals surface area (Å²) >= 11 is 8.03. The highest BCUT2D eigenvalue weighted by Gasteiger charge is 2.13. The number of aromatic carboxylic acids is 1. The maximum Gasteiger partial charge on any atom is 0.339 e. The molecule has 98 valence electrons. The summed E-state index contributed by atoms with van der Waals surface area (Å²) in [6.45, 7) is 1.95. The molecule has 0 saturated carbocycles. The summed E-state index contributed by atoms with van der Waals surface area (Å²) in [5.74, 6) is -0.806. The van der Waals surface area contributed by atoms with Crippen LogP contribution in [0.3, 0.4) is 0 Å². The molecule has 0 aliphatic rings. The van der Waals surface area contributed by atoms with Crippen LogP contribution in [0.25, 0.3) is 0 Å². The molecule has 0 spiro atoms. The molecule has 0 unspecified atom stereocenters. The lowest BCUT2D eigenvalue weighted by atomic mass is 10.2. The molecule has 0 amide bonds. The van der Waals surface area contributed by atoms with Crippen molar-refractivity contribution >= 4 is 51.7 Å². The molecule has 1 aromatic heterocycles. The number of hydrogen-bond donors (Lipinski definition) is 2. The van der Waals surface area contributed by atoms with E-state index in [1.807, 2.05) is 25.1 Å². The van der Waals surface area contributed by atoms with Crippen LogP contribution < -0.4 is 5.32 Å². The summed E-state index contributed by atoms with van der Waals surface area (Å²) in [6.07, 6.45) is 0. The zero-order chi connectivity index (χ0) is 14.0. The van der Waals surface area contributed by atoms with Gasteiger partial charge in [0.2, 0.25) is 0 Å². The van der Waals surface area contributed by atoms with Crippen LogP contribution in [0.5, 0.6) is 0 Å². The molecule has 0 radical (unpaired) electrons. The fourth-order valence-electron chi connectivity index (χ4n) is 1.57. The highest BCUT2D eigenvalue weighted by molar-refractivity contribution is 14.1. The molecule has 0 saturated heterocycles. The van der Waals surface area contributed by atoms with Crippen molar-refractivity contribution < 1.29 is 9.90 Å². The third kappa shape index (κ3) is 3.16. The normalized spacial score (nSPS) is 10.3. The van der Waals surface area contributed by atoms with E-state index >= 15 is 0 Å². The molecule has 0 fully saturated rings. The molecule has 0 bridgehead atoms. The molecule has 1 heterocycles. The number of nitrogens with one attached hydrogen (secondary N) is 1. The minimum Gasteiger partial charge on any atom is -0.478 e. The second-order valence-corrected chi connectivity index (χ2v) is 5.42. The second-order valence-electron chi connectivity index (χ2n) is 3.87. The molecule has 6 heteroatoms. The van der Waals surface area contributed by atoms with E-state index in [1.54, 1.807) is 0 Å². The van der Waals surface area contributed by atoms with Crippen molar-refractivity contribution in [3.63, 3.8) is 0 Å². The number of benzene rings is 1. The maximum atomic E-state index is 11.2. The van der Waals surface area contributed by atoms with Crippen molar-refractivity contribution in [1.29, 1.82) is 0 Å². The highest BCUT2D eigenvalue weighted by atomic mass is 127. The topological polar surface area (TPSA) is 62.2 Å². The van der Waals surface area contributed by atoms with Crippen LogP contribution in [-0.4, -0.2) is 16.1 Å². The van der Waals surface area contributed by atoms with E-state index in [9.17, 15) is 4.79 Å². The van der Waals surface area contributed by atoms with Crippen LogP contribution >= 0.6 is 34.2 Å². The van der Waals surface area contributed by atoms with E-state index in [1.165, 1.54) is 12.1 Å². The molecule has 2 rings (SSSR count). The van der Waals surface area contributed by atoms with Gasteiger partial charge in [-0.15, -0.1) is 0 Å². The van der Waals surface area contributed by atoms with E-state index in [4.69, 9.17) is 16.7 Å². The van der Waals surface area contributed by atoms with Gasteiger partial charge in [-0.05, 0) is 59.3 Å². The number of nitrogens with zero attached hydrogens (tertiary/aromatic N) is 1. The van der Waals surface area contributed by atoms with Gasteiger partial charge in [-0.3, -0.25) is 0 Å². The molecule has 0 aliphatic heterocycles. The number of carbonyl (C=O) groups is 1. The van der Waals surface area contributed by atoms with Crippen LogP contribution in [0.4, 0.5) is 11.5 Å². The Morgan fingerprint density at radius 2 is 2.11 bits per heavy atom. The number of aromatic nitrogens is 1. The molecule has 0 atom stereocenters. The summed E-state index contributed by atoms with van der Waals surface area (Å²) in [5, 5.41) is 12.4. The summed E-state index contributed by atoms with van der Waals surface area (Å²) in [7, 11) is 0. The molecule has 2 aromatic rings. The summed E-state index contributed by atoms with van der Waals surface area (Å²) in [4.78, 5) is 15.2. The Labute approximate surface area is 129 Å². The van der Waals surface area contributed by atoms with Crippen molar-refractivity contribution in [1.82, 2.24) is 4.98 Å². The maximum absolute atomic E-state index is 11.2. The first-order valence-corrected chi connectivity index (χ1v) is 6.86. The van der Waals surface area contributed by atoms with E-state index in [0.29, 0.717) is 0 Å². The molecule has 2 N–H and O–H groups in total. The predicted molar refractivity (Wildman–Crippen MR) is 83.4 cm³/mol. The number of halogens is 2. The number of pyridine rings is 1. The minimum atomic E-state index is -1.05. The monoisotopic (exact) mass is 388 g/mol. The highest BCUT2D eigenvalue weighted by Crippen LogP contribution is 2.26. The first-order valence-electron chi connectivity index (χ1n) is 5.41. The lowest BCUT2D eigenvalue weighted by Gasteiger charge is -2.12. The average molecular weight is 389 g/mol. The third-order valence-electron chi connectivity index (χ3n) is 2.61. The number of carboxylic acids is 1. The Hall–Kier alpha value is -1.34. The van der Waals surface area contributed by atoms with Crippen molar-refractivity contribution in [3.8, 4) is 0 Å². The summed E-state index contributed by atoms with van der Waals surface area (Å²) in [5.41, 5.74) is 1.92.